The normalized spacial score (nSPS) is 10.1. The predicted molar refractivity (Wildman–Crippen MR) is 57.1 cm³/mol. The van der Waals surface area contributed by atoms with E-state index < -0.39 is 0 Å². The van der Waals surface area contributed by atoms with Crippen LogP contribution in [0.15, 0.2) is 18.0 Å². The molecule has 0 unspecified atom stereocenters. The summed E-state index contributed by atoms with van der Waals surface area (Å²) in [7, 11) is 1.60. The molecule has 0 aromatic carbocycles. The van der Waals surface area contributed by atoms with Crippen LogP contribution in [0.25, 0.3) is 12.2 Å². The van der Waals surface area contributed by atoms with Crippen LogP contribution in [-0.2, 0) is 11.3 Å². The molecule has 1 aromatic rings. The molecule has 4 heteroatoms. The molecule has 0 saturated carbocycles. The van der Waals surface area contributed by atoms with Gasteiger partial charge in [-0.15, -0.1) is 0 Å². The van der Waals surface area contributed by atoms with Crippen molar-refractivity contribution in [2.75, 3.05) is 13.7 Å². The van der Waals surface area contributed by atoms with Gasteiger partial charge in [0.05, 0.1) is 24.5 Å². The first-order valence-corrected chi connectivity index (χ1v) is 4.31. The third kappa shape index (κ3) is 1.85. The highest BCUT2D eigenvalue weighted by molar-refractivity contribution is 5.57. The van der Waals surface area contributed by atoms with Gasteiger partial charge in [-0.3, -0.25) is 4.57 Å². The van der Waals surface area contributed by atoms with E-state index in [1.54, 1.807) is 23.8 Å². The number of aromatic nitrogens is 2. The van der Waals surface area contributed by atoms with E-state index in [2.05, 4.69) is 18.1 Å². The Balaban J connectivity index is 3.12. The van der Waals surface area contributed by atoms with Crippen molar-refractivity contribution < 1.29 is 4.74 Å². The van der Waals surface area contributed by atoms with Crippen molar-refractivity contribution in [1.82, 2.24) is 9.55 Å². The number of methoxy groups -OCH3 is 1. The van der Waals surface area contributed by atoms with Crippen LogP contribution in [0.4, 0.5) is 0 Å². The second-order valence-corrected chi connectivity index (χ2v) is 2.78. The number of rotatable bonds is 5. The van der Waals surface area contributed by atoms with Gasteiger partial charge < -0.3 is 9.72 Å². The zero-order chi connectivity index (χ0) is 10.6. The summed E-state index contributed by atoms with van der Waals surface area (Å²) in [5.74, 6) is 0. The van der Waals surface area contributed by atoms with Crippen LogP contribution in [0.2, 0.25) is 0 Å². The number of ether oxygens (including phenoxy) is 1. The van der Waals surface area contributed by atoms with Crippen molar-refractivity contribution in [3.63, 3.8) is 0 Å². The molecule has 1 heterocycles. The third-order valence-electron chi connectivity index (χ3n) is 1.97. The fraction of sp³-hybridized carbons (Fsp3) is 0.300. The second kappa shape index (κ2) is 4.62. The van der Waals surface area contributed by atoms with Gasteiger partial charge in [-0.25, -0.2) is 4.79 Å². The van der Waals surface area contributed by atoms with Crippen molar-refractivity contribution in [3.05, 3.63) is 35.0 Å². The minimum atomic E-state index is -0.160. The summed E-state index contributed by atoms with van der Waals surface area (Å²) in [6.45, 7) is 8.28. The van der Waals surface area contributed by atoms with Crippen LogP contribution in [-0.4, -0.2) is 23.3 Å². The van der Waals surface area contributed by atoms with E-state index in [-0.39, 0.29) is 5.69 Å². The lowest BCUT2D eigenvalue weighted by Crippen LogP contribution is -2.20. The molecule has 14 heavy (non-hydrogen) atoms. The molecular weight excluding hydrogens is 180 g/mol. The Kier molecular flexibility index (Phi) is 3.48. The molecule has 0 fully saturated rings. The van der Waals surface area contributed by atoms with Crippen molar-refractivity contribution >= 4 is 12.2 Å². The lowest BCUT2D eigenvalue weighted by Gasteiger charge is -2.02. The van der Waals surface area contributed by atoms with Gasteiger partial charge >= 0.3 is 5.69 Å². The van der Waals surface area contributed by atoms with Crippen molar-refractivity contribution in [2.24, 2.45) is 0 Å². The Morgan fingerprint density at radius 2 is 2.21 bits per heavy atom. The molecule has 0 aliphatic heterocycles. The summed E-state index contributed by atoms with van der Waals surface area (Å²) in [4.78, 5) is 14.1. The monoisotopic (exact) mass is 194 g/mol. The topological polar surface area (TPSA) is 47.0 Å². The van der Waals surface area contributed by atoms with E-state index in [0.717, 1.165) is 5.69 Å². The fourth-order valence-electron chi connectivity index (χ4n) is 1.28. The summed E-state index contributed by atoms with van der Waals surface area (Å²) in [5, 5.41) is 0. The van der Waals surface area contributed by atoms with Crippen LogP contribution in [0.1, 0.15) is 11.4 Å². The minimum Gasteiger partial charge on any atom is -0.383 e. The number of hydrogen-bond acceptors (Lipinski definition) is 2. The summed E-state index contributed by atoms with van der Waals surface area (Å²) in [5.41, 5.74) is 1.29. The van der Waals surface area contributed by atoms with Gasteiger partial charge in [0, 0.05) is 7.11 Å². The Labute approximate surface area is 82.5 Å². The number of hydrogen-bond donors (Lipinski definition) is 1. The van der Waals surface area contributed by atoms with Gasteiger partial charge in [-0.1, -0.05) is 13.2 Å². The van der Waals surface area contributed by atoms with Crippen LogP contribution < -0.4 is 5.69 Å². The van der Waals surface area contributed by atoms with Gasteiger partial charge in [0.15, 0.2) is 0 Å². The molecule has 0 spiro atoms. The van der Waals surface area contributed by atoms with Crippen molar-refractivity contribution in [1.29, 1.82) is 0 Å². The molecular formula is C10H14N2O2. The standard InChI is InChI=1S/C10H14N2O2/c1-4-8-9(5-2)12(6-7-14-3)10(13)11-8/h4-5H,1-2,6-7H2,3H3,(H,11,13). The first kappa shape index (κ1) is 10.5. The summed E-state index contributed by atoms with van der Waals surface area (Å²) in [6, 6.07) is 0. The van der Waals surface area contributed by atoms with Crippen molar-refractivity contribution in [3.8, 4) is 0 Å². The highest BCUT2D eigenvalue weighted by Crippen LogP contribution is 2.06. The fourth-order valence-corrected chi connectivity index (χ4v) is 1.28. The van der Waals surface area contributed by atoms with Gasteiger partial charge in [0.2, 0.25) is 0 Å². The van der Waals surface area contributed by atoms with E-state index >= 15 is 0 Å². The average Bonchev–Trinajstić information content (AvgIpc) is 2.51. The van der Waals surface area contributed by atoms with Gasteiger partial charge in [0.25, 0.3) is 0 Å². The van der Waals surface area contributed by atoms with E-state index in [1.807, 2.05) is 0 Å². The molecule has 0 aliphatic rings. The van der Waals surface area contributed by atoms with Gasteiger partial charge in [0.1, 0.15) is 0 Å². The van der Waals surface area contributed by atoms with E-state index in [4.69, 9.17) is 4.74 Å². The third-order valence-corrected chi connectivity index (χ3v) is 1.97. The molecule has 0 atom stereocenters. The minimum absolute atomic E-state index is 0.160. The average molecular weight is 194 g/mol. The molecule has 1 N–H and O–H groups in total. The zero-order valence-corrected chi connectivity index (χ0v) is 8.25. The lowest BCUT2D eigenvalue weighted by atomic mass is 10.3. The molecule has 1 aromatic heterocycles. The first-order valence-electron chi connectivity index (χ1n) is 4.31. The zero-order valence-electron chi connectivity index (χ0n) is 8.25. The maximum absolute atomic E-state index is 11.4. The van der Waals surface area contributed by atoms with E-state index in [0.29, 0.717) is 18.8 Å². The van der Waals surface area contributed by atoms with Gasteiger partial charge in [-0.2, -0.15) is 0 Å². The Morgan fingerprint density at radius 3 is 2.71 bits per heavy atom. The molecule has 1 rings (SSSR count). The van der Waals surface area contributed by atoms with Crippen molar-refractivity contribution in [2.45, 2.75) is 6.54 Å². The van der Waals surface area contributed by atoms with Crippen LogP contribution in [0.5, 0.6) is 0 Å². The number of nitrogens with one attached hydrogen (secondary N) is 1. The van der Waals surface area contributed by atoms with E-state index in [9.17, 15) is 4.79 Å². The molecule has 4 nitrogen and oxygen atoms in total. The lowest BCUT2D eigenvalue weighted by molar-refractivity contribution is 0.186. The molecule has 0 saturated heterocycles. The Bertz CT molecular complexity index is 387. The molecule has 0 radical (unpaired) electrons. The highest BCUT2D eigenvalue weighted by atomic mass is 16.5. The number of imidazole rings is 1. The molecule has 76 valence electrons. The smallest absolute Gasteiger partial charge is 0.326 e. The van der Waals surface area contributed by atoms with Gasteiger partial charge in [-0.05, 0) is 12.2 Å². The molecule has 0 amide bonds. The molecule has 0 bridgehead atoms. The van der Waals surface area contributed by atoms with Crippen LogP contribution in [0, 0.1) is 0 Å². The first-order chi connectivity index (χ1) is 6.74. The summed E-state index contributed by atoms with van der Waals surface area (Å²) >= 11 is 0. The largest absolute Gasteiger partial charge is 0.383 e. The maximum atomic E-state index is 11.4. The second-order valence-electron chi connectivity index (χ2n) is 2.78. The van der Waals surface area contributed by atoms with Crippen LogP contribution in [0.3, 0.4) is 0 Å². The number of H-pyrrole nitrogens is 1. The van der Waals surface area contributed by atoms with E-state index in [1.165, 1.54) is 0 Å². The highest BCUT2D eigenvalue weighted by Gasteiger charge is 2.07. The predicted octanol–water partition coefficient (Wildman–Crippen LogP) is 1.11. The Morgan fingerprint density at radius 1 is 1.50 bits per heavy atom. The maximum Gasteiger partial charge on any atom is 0.326 e. The number of nitrogens with zero attached hydrogens (tertiary/aromatic N) is 1. The summed E-state index contributed by atoms with van der Waals surface area (Å²) in [6.07, 6.45) is 3.23. The quantitative estimate of drug-likeness (QED) is 0.763. The van der Waals surface area contributed by atoms with Crippen LogP contribution >= 0.6 is 0 Å². The SMILES string of the molecule is C=Cc1[nH]c(=O)n(CCOC)c1C=C. The Hall–Kier alpha value is -1.55. The molecule has 0 aliphatic carbocycles. The number of aromatic amines is 1. The summed E-state index contributed by atoms with van der Waals surface area (Å²) < 4.78 is 6.49.